The summed E-state index contributed by atoms with van der Waals surface area (Å²) >= 11 is 0. The van der Waals surface area contributed by atoms with E-state index in [1.807, 2.05) is 11.5 Å². The molecule has 9 heteroatoms. The van der Waals surface area contributed by atoms with Gasteiger partial charge in [0.05, 0.1) is 16.4 Å². The highest BCUT2D eigenvalue weighted by molar-refractivity contribution is 7.91. The predicted molar refractivity (Wildman–Crippen MR) is 104 cm³/mol. The number of rotatable bonds is 6. The molecule has 1 unspecified atom stereocenters. The van der Waals surface area contributed by atoms with Crippen LogP contribution in [0.5, 0.6) is 5.75 Å². The molecule has 0 aliphatic carbocycles. The average molecular weight is 406 g/mol. The highest BCUT2D eigenvalue weighted by Gasteiger charge is 2.31. The second-order valence-corrected chi connectivity index (χ2v) is 9.36. The highest BCUT2D eigenvalue weighted by atomic mass is 32.2. The van der Waals surface area contributed by atoms with Gasteiger partial charge in [0.2, 0.25) is 5.78 Å². The van der Waals surface area contributed by atoms with E-state index in [-0.39, 0.29) is 35.6 Å². The van der Waals surface area contributed by atoms with E-state index in [0.29, 0.717) is 23.3 Å². The fraction of sp³-hybridized carbons (Fsp3) is 0.421. The number of ketones is 1. The molecule has 2 aromatic rings. The van der Waals surface area contributed by atoms with Gasteiger partial charge in [-0.1, -0.05) is 0 Å². The lowest BCUT2D eigenvalue weighted by Gasteiger charge is -2.16. The molecule has 1 saturated heterocycles. The first-order valence-corrected chi connectivity index (χ1v) is 10.7. The normalized spacial score (nSPS) is 18.2. The number of hydrogen-bond acceptors (Lipinski definition) is 6. The van der Waals surface area contributed by atoms with Crippen LogP contribution in [0.25, 0.3) is 0 Å². The Hall–Kier alpha value is -2.68. The maximum atomic E-state index is 12.6. The first-order chi connectivity index (χ1) is 13.1. The van der Waals surface area contributed by atoms with Gasteiger partial charge in [-0.3, -0.25) is 14.9 Å². The van der Waals surface area contributed by atoms with Gasteiger partial charge in [0, 0.05) is 34.6 Å². The van der Waals surface area contributed by atoms with Crippen LogP contribution >= 0.6 is 0 Å². The molecule has 1 aromatic carbocycles. The summed E-state index contributed by atoms with van der Waals surface area (Å²) in [6.07, 6.45) is 0.547. The smallest absolute Gasteiger partial charge is 0.272 e. The summed E-state index contributed by atoms with van der Waals surface area (Å²) in [5.41, 5.74) is 2.52. The van der Waals surface area contributed by atoms with E-state index in [1.54, 1.807) is 19.9 Å². The number of sulfone groups is 1. The molecule has 0 bridgehead atoms. The topological polar surface area (TPSA) is 109 Å². The van der Waals surface area contributed by atoms with E-state index in [9.17, 15) is 23.3 Å². The number of benzene rings is 1. The molecular weight excluding hydrogens is 384 g/mol. The Labute approximate surface area is 163 Å². The molecule has 1 aliphatic rings. The van der Waals surface area contributed by atoms with E-state index < -0.39 is 14.8 Å². The van der Waals surface area contributed by atoms with Crippen molar-refractivity contribution in [3.05, 3.63) is 56.9 Å². The van der Waals surface area contributed by atoms with E-state index in [0.717, 1.165) is 11.4 Å². The number of ether oxygens (including phenoxy) is 1. The third-order valence-electron chi connectivity index (χ3n) is 5.09. The third-order valence-corrected chi connectivity index (χ3v) is 6.84. The van der Waals surface area contributed by atoms with Crippen LogP contribution in [0.4, 0.5) is 5.69 Å². The third kappa shape index (κ3) is 3.94. The monoisotopic (exact) mass is 406 g/mol. The number of nitro groups is 1. The maximum Gasteiger partial charge on any atom is 0.272 e. The minimum atomic E-state index is -3.03. The summed E-state index contributed by atoms with van der Waals surface area (Å²) in [5, 5.41) is 10.9. The van der Waals surface area contributed by atoms with Crippen molar-refractivity contribution in [2.24, 2.45) is 0 Å². The molecule has 1 atom stereocenters. The van der Waals surface area contributed by atoms with Crippen molar-refractivity contribution in [2.45, 2.75) is 33.2 Å². The molecule has 0 N–H and O–H groups in total. The molecule has 0 radical (unpaired) electrons. The quantitative estimate of drug-likeness (QED) is 0.414. The number of carbonyl (C=O) groups is 1. The lowest BCUT2D eigenvalue weighted by atomic mass is 10.1. The number of hydrogen-bond donors (Lipinski definition) is 0. The minimum absolute atomic E-state index is 0.00580. The molecule has 0 amide bonds. The zero-order chi connectivity index (χ0) is 20.6. The van der Waals surface area contributed by atoms with Crippen LogP contribution in [0.15, 0.2) is 24.3 Å². The maximum absolute atomic E-state index is 12.6. The van der Waals surface area contributed by atoms with Gasteiger partial charge < -0.3 is 9.30 Å². The molecule has 150 valence electrons. The van der Waals surface area contributed by atoms with Gasteiger partial charge in [0.15, 0.2) is 16.4 Å². The van der Waals surface area contributed by atoms with Crippen LogP contribution in [-0.2, 0) is 9.84 Å². The van der Waals surface area contributed by atoms with Crippen LogP contribution in [0.1, 0.15) is 39.8 Å². The molecule has 2 heterocycles. The van der Waals surface area contributed by atoms with Crippen LogP contribution in [0.3, 0.4) is 0 Å². The van der Waals surface area contributed by atoms with Gasteiger partial charge in [0.1, 0.15) is 5.75 Å². The van der Waals surface area contributed by atoms with Gasteiger partial charge in [-0.25, -0.2) is 8.42 Å². The Morgan fingerprint density at radius 1 is 1.29 bits per heavy atom. The van der Waals surface area contributed by atoms with Crippen molar-refractivity contribution in [3.63, 3.8) is 0 Å². The lowest BCUT2D eigenvalue weighted by Crippen LogP contribution is -2.16. The van der Waals surface area contributed by atoms with E-state index in [1.165, 1.54) is 18.2 Å². The second kappa shape index (κ2) is 7.38. The SMILES string of the molecule is Cc1cc(OCC(=O)c2cc(C)n(C3CCS(=O)(=O)C3)c2C)ccc1[N+](=O)[O-]. The van der Waals surface area contributed by atoms with Crippen LogP contribution in [-0.4, -0.2) is 41.8 Å². The molecule has 0 saturated carbocycles. The minimum Gasteiger partial charge on any atom is -0.485 e. The summed E-state index contributed by atoms with van der Waals surface area (Å²) in [6.45, 7) is 5.07. The number of nitrogens with zero attached hydrogens (tertiary/aromatic N) is 2. The number of nitro benzene ring substituents is 1. The average Bonchev–Trinajstić information content (AvgIpc) is 3.10. The van der Waals surface area contributed by atoms with Crippen molar-refractivity contribution in [2.75, 3.05) is 18.1 Å². The van der Waals surface area contributed by atoms with Gasteiger partial charge >= 0.3 is 0 Å². The number of aromatic nitrogens is 1. The fourth-order valence-electron chi connectivity index (χ4n) is 3.75. The van der Waals surface area contributed by atoms with Crippen LogP contribution < -0.4 is 4.74 Å². The fourth-order valence-corrected chi connectivity index (χ4v) is 5.45. The number of Topliss-reactive ketones (excluding diaryl/α,β-unsaturated/α-hetero) is 1. The van der Waals surface area contributed by atoms with Crippen LogP contribution in [0.2, 0.25) is 0 Å². The van der Waals surface area contributed by atoms with E-state index in [2.05, 4.69) is 0 Å². The zero-order valence-corrected chi connectivity index (χ0v) is 16.8. The van der Waals surface area contributed by atoms with E-state index in [4.69, 9.17) is 4.74 Å². The highest BCUT2D eigenvalue weighted by Crippen LogP contribution is 2.29. The standard InChI is InChI=1S/C19H22N2O6S/c1-12-8-16(4-5-18(12)21(23)24)27-10-19(22)17-9-13(2)20(14(17)3)15-6-7-28(25,26)11-15/h4-5,8-9,15H,6-7,10-11H2,1-3H3. The molecule has 3 rings (SSSR count). The summed E-state index contributed by atoms with van der Waals surface area (Å²) < 4.78 is 31.0. The molecule has 1 aliphatic heterocycles. The zero-order valence-electron chi connectivity index (χ0n) is 16.0. The summed E-state index contributed by atoms with van der Waals surface area (Å²) in [7, 11) is -3.03. The Balaban J connectivity index is 1.74. The van der Waals surface area contributed by atoms with Crippen molar-refractivity contribution < 1.29 is 22.9 Å². The van der Waals surface area contributed by atoms with Gasteiger partial charge in [0.25, 0.3) is 5.69 Å². The van der Waals surface area contributed by atoms with Gasteiger partial charge in [-0.2, -0.15) is 0 Å². The predicted octanol–water partition coefficient (Wildman–Crippen LogP) is 2.94. The first kappa shape index (κ1) is 20.1. The molecular formula is C19H22N2O6S. The largest absolute Gasteiger partial charge is 0.485 e. The molecule has 1 fully saturated rings. The summed E-state index contributed by atoms with van der Waals surface area (Å²) in [6, 6.07) is 5.95. The Morgan fingerprint density at radius 3 is 2.57 bits per heavy atom. The van der Waals surface area contributed by atoms with Crippen molar-refractivity contribution in [3.8, 4) is 5.75 Å². The van der Waals surface area contributed by atoms with Gasteiger partial charge in [-0.15, -0.1) is 0 Å². The molecule has 1 aromatic heterocycles. The number of aryl methyl sites for hydroxylation is 2. The Kier molecular flexibility index (Phi) is 5.29. The summed E-state index contributed by atoms with van der Waals surface area (Å²) in [4.78, 5) is 23.0. The summed E-state index contributed by atoms with van der Waals surface area (Å²) in [5.74, 6) is 0.416. The van der Waals surface area contributed by atoms with E-state index >= 15 is 0 Å². The molecule has 28 heavy (non-hydrogen) atoms. The lowest BCUT2D eigenvalue weighted by molar-refractivity contribution is -0.385. The van der Waals surface area contributed by atoms with Crippen molar-refractivity contribution >= 4 is 21.3 Å². The number of carbonyl (C=O) groups excluding carboxylic acids is 1. The van der Waals surface area contributed by atoms with Gasteiger partial charge in [-0.05, 0) is 45.4 Å². The Bertz CT molecular complexity index is 1050. The van der Waals surface area contributed by atoms with Crippen molar-refractivity contribution in [1.82, 2.24) is 4.57 Å². The second-order valence-electron chi connectivity index (χ2n) is 7.13. The first-order valence-electron chi connectivity index (χ1n) is 8.89. The molecule has 8 nitrogen and oxygen atoms in total. The van der Waals surface area contributed by atoms with Crippen LogP contribution in [0, 0.1) is 30.9 Å². The van der Waals surface area contributed by atoms with Crippen molar-refractivity contribution in [1.29, 1.82) is 0 Å². The Morgan fingerprint density at radius 2 is 2.00 bits per heavy atom. The molecule has 0 spiro atoms.